The second-order valence-corrected chi connectivity index (χ2v) is 14.6. The topological polar surface area (TPSA) is 261 Å². The molecular formula is C52H53ClO16. The monoisotopic (exact) mass is 968 g/mol. The summed E-state index contributed by atoms with van der Waals surface area (Å²) in [4.78, 5) is 63.2. The highest BCUT2D eigenvalue weighted by Crippen LogP contribution is 2.25. The number of para-hydroxylation sites is 2. The van der Waals surface area contributed by atoms with E-state index in [1.807, 2.05) is 54.6 Å². The molecule has 0 aliphatic heterocycles. The van der Waals surface area contributed by atoms with Crippen molar-refractivity contribution in [2.24, 2.45) is 0 Å². The first-order valence-electron chi connectivity index (χ1n) is 20.8. The third-order valence-electron chi connectivity index (χ3n) is 9.01. The quantitative estimate of drug-likeness (QED) is 0.0318. The largest absolute Gasteiger partial charge is 0.497 e. The Kier molecular flexibility index (Phi) is 24.9. The maximum Gasteiger partial charge on any atom is 0.344 e. The van der Waals surface area contributed by atoms with Gasteiger partial charge in [-0.05, 0) is 103 Å². The minimum atomic E-state index is -1.41. The molecule has 0 aliphatic rings. The Hall–Kier alpha value is -8.21. The molecule has 0 aliphatic carbocycles. The molecule has 6 aromatic carbocycles. The first kappa shape index (κ1) is 56.9. The molecule has 16 nitrogen and oxygen atoms in total. The number of carbonyl (C=O) groups is 6. The van der Waals surface area contributed by atoms with Crippen molar-refractivity contribution >= 4 is 64.3 Å². The molecule has 3 unspecified atom stereocenters. The highest BCUT2D eigenvalue weighted by molar-refractivity contribution is 6.30. The van der Waals surface area contributed by atoms with Crippen molar-refractivity contribution < 1.29 is 78.4 Å². The highest BCUT2D eigenvalue weighted by atomic mass is 35.5. The molecule has 0 spiro atoms. The molecule has 0 aromatic heterocycles. The number of carboxylic acids is 5. The fraction of sp³-hybridized carbons (Fsp3) is 0.192. The molecule has 6 N–H and O–H groups in total. The Bertz CT molecular complexity index is 2600. The number of ether oxygens (including phenoxy) is 4. The van der Waals surface area contributed by atoms with Gasteiger partial charge in [-0.1, -0.05) is 110 Å². The van der Waals surface area contributed by atoms with Gasteiger partial charge in [-0.25, -0.2) is 19.2 Å². The number of benzene rings is 6. The van der Waals surface area contributed by atoms with Crippen molar-refractivity contribution in [1.29, 1.82) is 0 Å². The summed E-state index contributed by atoms with van der Waals surface area (Å²) in [6.07, 6.45) is -0.174. The lowest BCUT2D eigenvalue weighted by Gasteiger charge is -2.12. The SMILES string of the molecule is CC(=O)Oc1ccccc1C=CC(=O)O.CC(Oc1ccc(Cl)cc1)C(=O)O.CCC(Oc1ccccc1)C(=O)O.COc1ccc2cc(C(C)C(=O)O)ccc2c1.O=C(O)[C@H](O)c1ccccc1. The smallest absolute Gasteiger partial charge is 0.344 e. The summed E-state index contributed by atoms with van der Waals surface area (Å²) in [7, 11) is 1.63. The van der Waals surface area contributed by atoms with E-state index in [0.717, 1.165) is 28.2 Å². The van der Waals surface area contributed by atoms with E-state index in [2.05, 4.69) is 0 Å². The number of fused-ring (bicyclic) bond motifs is 1. The van der Waals surface area contributed by atoms with Crippen LogP contribution in [0.4, 0.5) is 0 Å². The Labute approximate surface area is 403 Å². The minimum Gasteiger partial charge on any atom is -0.497 e. The van der Waals surface area contributed by atoms with E-state index < -0.39 is 60.0 Å². The zero-order chi connectivity index (χ0) is 51.5. The van der Waals surface area contributed by atoms with Gasteiger partial charge in [0.15, 0.2) is 18.3 Å². The summed E-state index contributed by atoms with van der Waals surface area (Å²) >= 11 is 5.64. The summed E-state index contributed by atoms with van der Waals surface area (Å²) < 4.78 is 20.3. The standard InChI is InChI=1S/C14H14O3.C11H10O4.C10H12O3.C9H9ClO3.C8H8O3/c1-9(14(15)16)10-3-4-12-8-13(17-2)6-5-11(12)7-10;1-8(12)15-10-5-3-2-4-9(10)6-7-11(13)14;1-2-9(10(11)12)13-8-6-4-3-5-7-8;1-6(9(11)12)13-8-4-2-7(10)3-5-8;9-7(8(10)11)6-4-2-1-3-5-6/h3-9H,1-2H3,(H,15,16);2-7H,1H3,(H,13,14);3-7,9H,2H2,1H3,(H,11,12);2-6H,1H3,(H,11,12);1-5,7,9H,(H,10,11)/t;;;;7-/m....1/s1. The fourth-order valence-electron chi connectivity index (χ4n) is 5.33. The maximum absolute atomic E-state index is 10.9. The van der Waals surface area contributed by atoms with Gasteiger partial charge in [-0.2, -0.15) is 0 Å². The van der Waals surface area contributed by atoms with Crippen molar-refractivity contribution in [3.63, 3.8) is 0 Å². The Balaban J connectivity index is 0.000000298. The molecule has 6 rings (SSSR count). The van der Waals surface area contributed by atoms with Crippen molar-refractivity contribution in [2.45, 2.75) is 58.3 Å². The number of hydrogen-bond acceptors (Lipinski definition) is 11. The number of halogens is 1. The Morgan fingerprint density at radius 2 is 1.13 bits per heavy atom. The summed E-state index contributed by atoms with van der Waals surface area (Å²) in [5.74, 6) is -3.68. The van der Waals surface area contributed by atoms with Crippen LogP contribution >= 0.6 is 11.6 Å². The molecule has 4 atom stereocenters. The molecule has 69 heavy (non-hydrogen) atoms. The number of hydrogen-bond donors (Lipinski definition) is 6. The normalized spacial score (nSPS) is 11.8. The summed E-state index contributed by atoms with van der Waals surface area (Å²) in [5.41, 5.74) is 1.77. The zero-order valence-corrected chi connectivity index (χ0v) is 38.9. The van der Waals surface area contributed by atoms with Crippen molar-refractivity contribution in [3.8, 4) is 23.0 Å². The zero-order valence-electron chi connectivity index (χ0n) is 38.2. The van der Waals surface area contributed by atoms with Crippen molar-refractivity contribution in [1.82, 2.24) is 0 Å². The first-order valence-corrected chi connectivity index (χ1v) is 21.2. The number of aliphatic hydroxyl groups is 1. The maximum atomic E-state index is 10.9. The molecule has 0 saturated carbocycles. The number of aliphatic carboxylic acids is 5. The van der Waals surface area contributed by atoms with Gasteiger partial charge in [0, 0.05) is 23.6 Å². The van der Waals surface area contributed by atoms with Crippen LogP contribution in [-0.4, -0.2) is 85.8 Å². The van der Waals surface area contributed by atoms with Gasteiger partial charge in [0.25, 0.3) is 0 Å². The number of methoxy groups -OCH3 is 1. The lowest BCUT2D eigenvalue weighted by Crippen LogP contribution is -2.25. The van der Waals surface area contributed by atoms with E-state index in [1.54, 1.807) is 112 Å². The van der Waals surface area contributed by atoms with Gasteiger partial charge in [-0.15, -0.1) is 0 Å². The molecule has 17 heteroatoms. The third-order valence-corrected chi connectivity index (χ3v) is 9.26. The predicted octanol–water partition coefficient (Wildman–Crippen LogP) is 9.67. The number of rotatable bonds is 15. The highest BCUT2D eigenvalue weighted by Gasteiger charge is 2.17. The average molecular weight is 969 g/mol. The van der Waals surface area contributed by atoms with Crippen LogP contribution in [0.25, 0.3) is 16.8 Å². The van der Waals surface area contributed by atoms with E-state index in [1.165, 1.54) is 19.9 Å². The van der Waals surface area contributed by atoms with E-state index in [-0.39, 0.29) is 0 Å². The lowest BCUT2D eigenvalue weighted by molar-refractivity contribution is -0.147. The molecule has 0 bridgehead atoms. The molecule has 0 amide bonds. The van der Waals surface area contributed by atoms with Crippen molar-refractivity contribution in [2.75, 3.05) is 7.11 Å². The minimum absolute atomic E-state index is 0.350. The van der Waals surface area contributed by atoms with E-state index in [9.17, 15) is 28.8 Å². The van der Waals surface area contributed by atoms with Crippen LogP contribution in [0.2, 0.25) is 5.02 Å². The molecule has 0 radical (unpaired) electrons. The van der Waals surface area contributed by atoms with Crippen LogP contribution < -0.4 is 18.9 Å². The summed E-state index contributed by atoms with van der Waals surface area (Å²) in [6, 6.07) is 41.9. The molecule has 0 saturated heterocycles. The van der Waals surface area contributed by atoms with E-state index in [0.29, 0.717) is 39.8 Å². The predicted molar refractivity (Wildman–Crippen MR) is 258 cm³/mol. The summed E-state index contributed by atoms with van der Waals surface area (Å²) in [5, 5.41) is 54.7. The van der Waals surface area contributed by atoms with Crippen LogP contribution in [0.3, 0.4) is 0 Å². The molecular weight excluding hydrogens is 916 g/mol. The van der Waals surface area contributed by atoms with E-state index in [4.69, 9.17) is 61.2 Å². The first-order chi connectivity index (χ1) is 32.7. The van der Waals surface area contributed by atoms with Gasteiger partial charge in [-0.3, -0.25) is 9.59 Å². The third kappa shape index (κ3) is 21.8. The molecule has 6 aromatic rings. The Morgan fingerprint density at radius 3 is 1.65 bits per heavy atom. The van der Waals surface area contributed by atoms with Crippen LogP contribution in [0, 0.1) is 0 Å². The van der Waals surface area contributed by atoms with Crippen LogP contribution in [-0.2, 0) is 28.8 Å². The van der Waals surface area contributed by atoms with Crippen molar-refractivity contribution in [3.05, 3.63) is 173 Å². The molecule has 0 heterocycles. The van der Waals surface area contributed by atoms with Gasteiger partial charge in [0.1, 0.15) is 23.0 Å². The number of aliphatic hydroxyl groups excluding tert-OH is 1. The second-order valence-electron chi connectivity index (χ2n) is 14.2. The number of esters is 1. The average Bonchev–Trinajstić information content (AvgIpc) is 3.33. The second kappa shape index (κ2) is 30.1. The van der Waals surface area contributed by atoms with Gasteiger partial charge in [0.05, 0.1) is 13.0 Å². The van der Waals surface area contributed by atoms with Gasteiger partial charge >= 0.3 is 35.8 Å². The Morgan fingerprint density at radius 1 is 0.594 bits per heavy atom. The fourth-order valence-corrected chi connectivity index (χ4v) is 5.45. The number of carbonyl (C=O) groups excluding carboxylic acids is 1. The molecule has 0 fully saturated rings. The van der Waals surface area contributed by atoms with Crippen LogP contribution in [0.5, 0.6) is 23.0 Å². The number of carboxylic acid groups (broad SMARTS) is 5. The lowest BCUT2D eigenvalue weighted by atomic mass is 9.98. The van der Waals surface area contributed by atoms with Crippen LogP contribution in [0.15, 0.2) is 152 Å². The molecule has 364 valence electrons. The van der Waals surface area contributed by atoms with E-state index >= 15 is 0 Å². The van der Waals surface area contributed by atoms with Gasteiger partial charge in [0.2, 0.25) is 0 Å². The van der Waals surface area contributed by atoms with Gasteiger partial charge < -0.3 is 49.6 Å². The summed E-state index contributed by atoms with van der Waals surface area (Å²) in [6.45, 7) is 6.23. The van der Waals surface area contributed by atoms with Crippen LogP contribution in [0.1, 0.15) is 62.8 Å².